The molecule has 35 heavy (non-hydrogen) atoms. The summed E-state index contributed by atoms with van der Waals surface area (Å²) in [6.07, 6.45) is 4.81. The molecule has 0 fully saturated rings. The lowest BCUT2D eigenvalue weighted by Gasteiger charge is -2.27. The van der Waals surface area contributed by atoms with Gasteiger partial charge in [0.2, 0.25) is 0 Å². The van der Waals surface area contributed by atoms with E-state index in [-0.39, 0.29) is 5.82 Å². The molecule has 0 saturated carbocycles. The number of carbonyl (C=O) groups excluding carboxylic acids is 2. The van der Waals surface area contributed by atoms with Crippen molar-refractivity contribution in [1.29, 1.82) is 0 Å². The summed E-state index contributed by atoms with van der Waals surface area (Å²) in [4.78, 5) is 39.6. The van der Waals surface area contributed by atoms with Crippen LogP contribution in [0, 0.1) is 0 Å². The Bertz CT molecular complexity index is 1220. The van der Waals surface area contributed by atoms with Gasteiger partial charge in [-0.15, -0.1) is 0 Å². The summed E-state index contributed by atoms with van der Waals surface area (Å²) in [7, 11) is 0. The molecule has 3 rings (SSSR count). The zero-order valence-electron chi connectivity index (χ0n) is 20.5. The van der Waals surface area contributed by atoms with Crippen LogP contribution in [-0.2, 0) is 9.47 Å². The normalized spacial score (nSPS) is 11.5. The smallest absolute Gasteiger partial charge is 0.420 e. The molecule has 1 aromatic carbocycles. The van der Waals surface area contributed by atoms with Gasteiger partial charge in [-0.1, -0.05) is 17.7 Å². The molecule has 0 unspecified atom stereocenters. The van der Waals surface area contributed by atoms with Gasteiger partial charge in [-0.25, -0.2) is 19.5 Å². The van der Waals surface area contributed by atoms with Gasteiger partial charge in [-0.05, 0) is 65.8 Å². The first kappa shape index (κ1) is 25.9. The zero-order chi connectivity index (χ0) is 25.8. The van der Waals surface area contributed by atoms with Gasteiger partial charge in [0, 0.05) is 16.8 Å². The van der Waals surface area contributed by atoms with Crippen LogP contribution in [0.1, 0.15) is 41.5 Å². The molecule has 0 aliphatic heterocycles. The minimum absolute atomic E-state index is 0.226. The third-order valence-corrected chi connectivity index (χ3v) is 4.41. The molecule has 1 N–H and O–H groups in total. The maximum atomic E-state index is 13.1. The fourth-order valence-corrected chi connectivity index (χ4v) is 3.11. The number of nitrogens with zero attached hydrogens (tertiary/aromatic N) is 4. The van der Waals surface area contributed by atoms with Crippen LogP contribution < -0.4 is 10.2 Å². The molecule has 9 nitrogen and oxygen atoms in total. The highest BCUT2D eigenvalue weighted by atomic mass is 35.5. The van der Waals surface area contributed by atoms with Crippen LogP contribution in [0.3, 0.4) is 0 Å². The summed E-state index contributed by atoms with van der Waals surface area (Å²) in [5.74, 6) is 0.226. The topological polar surface area (TPSA) is 107 Å². The highest BCUT2D eigenvalue weighted by Gasteiger charge is 2.27. The van der Waals surface area contributed by atoms with E-state index < -0.39 is 23.4 Å². The first-order valence-corrected chi connectivity index (χ1v) is 11.2. The third kappa shape index (κ3) is 7.65. The van der Waals surface area contributed by atoms with Gasteiger partial charge in [0.1, 0.15) is 11.2 Å². The van der Waals surface area contributed by atoms with Gasteiger partial charge in [0.25, 0.3) is 0 Å². The molecule has 2 aromatic heterocycles. The van der Waals surface area contributed by atoms with Crippen molar-refractivity contribution < 1.29 is 19.1 Å². The number of ether oxygens (including phenoxy) is 2. The van der Waals surface area contributed by atoms with Crippen molar-refractivity contribution in [2.75, 3.05) is 10.2 Å². The molecular formula is C25H28ClN5O4. The quantitative estimate of drug-likeness (QED) is 0.432. The Balaban J connectivity index is 1.96. The molecular weight excluding hydrogens is 470 g/mol. The van der Waals surface area contributed by atoms with Gasteiger partial charge < -0.3 is 9.47 Å². The first-order chi connectivity index (χ1) is 16.3. The van der Waals surface area contributed by atoms with Crippen LogP contribution in [0.4, 0.5) is 26.8 Å². The van der Waals surface area contributed by atoms with E-state index in [1.54, 1.807) is 78.1 Å². The molecule has 0 radical (unpaired) electrons. The molecule has 2 amide bonds. The van der Waals surface area contributed by atoms with E-state index in [1.807, 2.05) is 0 Å². The Morgan fingerprint density at radius 1 is 0.914 bits per heavy atom. The molecule has 0 atom stereocenters. The SMILES string of the molecule is CC(C)(C)OC(=O)Nc1cncc(-c2cncc(N(C(=O)OC(C)(C)C)c3cccc(Cl)c3)n2)c1. The molecule has 0 aliphatic carbocycles. The van der Waals surface area contributed by atoms with E-state index in [4.69, 9.17) is 21.1 Å². The fourth-order valence-electron chi connectivity index (χ4n) is 2.93. The van der Waals surface area contributed by atoms with Gasteiger partial charge in [0.05, 0.1) is 35.7 Å². The minimum atomic E-state index is -0.732. The first-order valence-electron chi connectivity index (χ1n) is 10.9. The predicted molar refractivity (Wildman–Crippen MR) is 135 cm³/mol. The summed E-state index contributed by atoms with van der Waals surface area (Å²) >= 11 is 6.17. The Kier molecular flexibility index (Phi) is 7.60. The molecule has 0 saturated heterocycles. The maximum absolute atomic E-state index is 13.1. The van der Waals surface area contributed by atoms with E-state index in [9.17, 15) is 9.59 Å². The van der Waals surface area contributed by atoms with E-state index in [0.29, 0.717) is 27.7 Å². The van der Waals surface area contributed by atoms with Crippen LogP contribution in [-0.4, -0.2) is 38.3 Å². The lowest BCUT2D eigenvalue weighted by molar-refractivity contribution is 0.0595. The second-order valence-electron chi connectivity index (χ2n) is 9.65. The number of anilines is 3. The number of nitrogens with one attached hydrogen (secondary N) is 1. The van der Waals surface area contributed by atoms with Gasteiger partial charge in [-0.3, -0.25) is 15.3 Å². The number of amides is 2. The average molecular weight is 498 g/mol. The minimum Gasteiger partial charge on any atom is -0.444 e. The summed E-state index contributed by atoms with van der Waals surface area (Å²) in [6.45, 7) is 10.7. The maximum Gasteiger partial charge on any atom is 0.420 e. The number of pyridine rings is 1. The molecule has 2 heterocycles. The zero-order valence-corrected chi connectivity index (χ0v) is 21.3. The third-order valence-electron chi connectivity index (χ3n) is 4.17. The number of hydrogen-bond acceptors (Lipinski definition) is 7. The van der Waals surface area contributed by atoms with Crippen molar-refractivity contribution in [3.05, 3.63) is 60.1 Å². The molecule has 0 bridgehead atoms. The molecule has 184 valence electrons. The van der Waals surface area contributed by atoms with Crippen LogP contribution >= 0.6 is 11.6 Å². The molecule has 10 heteroatoms. The standard InChI is InChI=1S/C25H28ClN5O4/c1-24(2,3)34-22(32)29-18-10-16(12-27-13-18)20-14-28-15-21(30-20)31(23(33)35-25(4,5)6)19-9-7-8-17(26)11-19/h7-15H,1-6H3,(H,29,32). The van der Waals surface area contributed by atoms with Gasteiger partial charge >= 0.3 is 12.2 Å². The van der Waals surface area contributed by atoms with Gasteiger partial charge in [0.15, 0.2) is 5.82 Å². The summed E-state index contributed by atoms with van der Waals surface area (Å²) in [5, 5.41) is 3.10. The largest absolute Gasteiger partial charge is 0.444 e. The number of aromatic nitrogens is 3. The Labute approximate surface area is 209 Å². The lowest BCUT2D eigenvalue weighted by atomic mass is 10.2. The van der Waals surface area contributed by atoms with Crippen molar-refractivity contribution in [2.45, 2.75) is 52.7 Å². The van der Waals surface area contributed by atoms with Crippen LogP contribution in [0.25, 0.3) is 11.3 Å². The van der Waals surface area contributed by atoms with Crippen molar-refractivity contribution in [3.8, 4) is 11.3 Å². The van der Waals surface area contributed by atoms with Gasteiger partial charge in [-0.2, -0.15) is 0 Å². The number of halogens is 1. The Hall–Kier alpha value is -3.72. The second kappa shape index (κ2) is 10.3. The summed E-state index contributed by atoms with van der Waals surface area (Å²) in [5.41, 5.74) is 0.520. The predicted octanol–water partition coefficient (Wildman–Crippen LogP) is 6.61. The fraction of sp³-hybridized carbons (Fsp3) is 0.320. The number of carbonyl (C=O) groups is 2. The highest BCUT2D eigenvalue weighted by Crippen LogP contribution is 2.30. The van der Waals surface area contributed by atoms with Crippen molar-refractivity contribution in [1.82, 2.24) is 15.0 Å². The Morgan fingerprint density at radius 3 is 2.26 bits per heavy atom. The van der Waals surface area contributed by atoms with Crippen LogP contribution in [0.2, 0.25) is 5.02 Å². The van der Waals surface area contributed by atoms with Crippen molar-refractivity contribution in [3.63, 3.8) is 0 Å². The van der Waals surface area contributed by atoms with Crippen LogP contribution in [0.5, 0.6) is 0 Å². The van der Waals surface area contributed by atoms with E-state index >= 15 is 0 Å². The van der Waals surface area contributed by atoms with Crippen molar-refractivity contribution in [2.24, 2.45) is 0 Å². The lowest BCUT2D eigenvalue weighted by Crippen LogP contribution is -2.34. The average Bonchev–Trinajstić information content (AvgIpc) is 2.72. The summed E-state index contributed by atoms with van der Waals surface area (Å²) < 4.78 is 10.9. The number of hydrogen-bond donors (Lipinski definition) is 1. The monoisotopic (exact) mass is 497 g/mol. The summed E-state index contributed by atoms with van der Waals surface area (Å²) in [6, 6.07) is 8.46. The Morgan fingerprint density at radius 2 is 1.60 bits per heavy atom. The van der Waals surface area contributed by atoms with Crippen molar-refractivity contribution >= 4 is 41.0 Å². The molecule has 0 aliphatic rings. The van der Waals surface area contributed by atoms with E-state index in [2.05, 4.69) is 20.3 Å². The van der Waals surface area contributed by atoms with E-state index in [1.165, 1.54) is 23.5 Å². The number of benzene rings is 1. The molecule has 0 spiro atoms. The number of rotatable bonds is 4. The second-order valence-corrected chi connectivity index (χ2v) is 10.1. The van der Waals surface area contributed by atoms with Crippen LogP contribution in [0.15, 0.2) is 55.1 Å². The van der Waals surface area contributed by atoms with E-state index in [0.717, 1.165) is 0 Å². The highest BCUT2D eigenvalue weighted by molar-refractivity contribution is 6.31. The molecule has 3 aromatic rings.